The maximum Gasteiger partial charge on any atom is 0.191 e. The average Bonchev–Trinajstić information content (AvgIpc) is 2.82. The lowest BCUT2D eigenvalue weighted by Crippen LogP contribution is -2.36. The summed E-state index contributed by atoms with van der Waals surface area (Å²) >= 11 is 1.73. The number of rotatable bonds is 5. The van der Waals surface area contributed by atoms with Crippen molar-refractivity contribution < 1.29 is 0 Å². The normalized spacial score (nSPS) is 11.5. The third kappa shape index (κ3) is 4.86. The molecule has 0 aliphatic heterocycles. The van der Waals surface area contributed by atoms with E-state index >= 15 is 0 Å². The van der Waals surface area contributed by atoms with Crippen LogP contribution in [0.25, 0.3) is 0 Å². The van der Waals surface area contributed by atoms with Crippen molar-refractivity contribution in [1.29, 1.82) is 0 Å². The summed E-state index contributed by atoms with van der Waals surface area (Å²) in [6, 6.07) is 10.3. The second-order valence-corrected chi connectivity index (χ2v) is 6.07. The molecule has 2 N–H and O–H groups in total. The Morgan fingerprint density at radius 1 is 1.19 bits per heavy atom. The van der Waals surface area contributed by atoms with Crippen LogP contribution in [0, 0.1) is 13.8 Å². The van der Waals surface area contributed by atoms with Crippen LogP contribution in [0.2, 0.25) is 0 Å². The van der Waals surface area contributed by atoms with E-state index in [1.165, 1.54) is 10.4 Å². The van der Waals surface area contributed by atoms with Crippen LogP contribution in [0.4, 0.5) is 0 Å². The van der Waals surface area contributed by atoms with Crippen molar-refractivity contribution in [1.82, 2.24) is 15.6 Å². The SMILES string of the molecule is CCNC(=NCc1ccccc1)NCc1nc(C)c(C)s1. The molecule has 0 saturated carbocycles. The molecular formula is C16H22N4S. The van der Waals surface area contributed by atoms with Gasteiger partial charge in [0.2, 0.25) is 0 Å². The Morgan fingerprint density at radius 2 is 1.95 bits per heavy atom. The molecule has 0 atom stereocenters. The Hall–Kier alpha value is -1.88. The van der Waals surface area contributed by atoms with E-state index in [1.807, 2.05) is 25.1 Å². The van der Waals surface area contributed by atoms with Crippen LogP contribution in [-0.4, -0.2) is 17.5 Å². The van der Waals surface area contributed by atoms with Crippen molar-refractivity contribution in [3.8, 4) is 0 Å². The molecule has 112 valence electrons. The maximum absolute atomic E-state index is 4.60. The summed E-state index contributed by atoms with van der Waals surface area (Å²) in [5.74, 6) is 0.826. The number of thiazole rings is 1. The molecule has 0 fully saturated rings. The highest BCUT2D eigenvalue weighted by atomic mass is 32.1. The van der Waals surface area contributed by atoms with E-state index in [4.69, 9.17) is 0 Å². The molecular weight excluding hydrogens is 280 g/mol. The summed E-state index contributed by atoms with van der Waals surface area (Å²) in [5.41, 5.74) is 2.32. The number of aryl methyl sites for hydroxylation is 2. The number of benzene rings is 1. The van der Waals surface area contributed by atoms with E-state index in [0.29, 0.717) is 13.1 Å². The van der Waals surface area contributed by atoms with Gasteiger partial charge in [-0.15, -0.1) is 11.3 Å². The van der Waals surface area contributed by atoms with E-state index in [0.717, 1.165) is 23.2 Å². The first-order chi connectivity index (χ1) is 10.2. The molecule has 0 amide bonds. The molecule has 2 rings (SSSR count). The summed E-state index contributed by atoms with van der Waals surface area (Å²) in [5, 5.41) is 7.69. The van der Waals surface area contributed by atoms with Crippen LogP contribution in [-0.2, 0) is 13.1 Å². The summed E-state index contributed by atoms with van der Waals surface area (Å²) in [6.07, 6.45) is 0. The Kier molecular flexibility index (Phi) is 5.75. The average molecular weight is 302 g/mol. The Bertz CT molecular complexity index is 570. The van der Waals surface area contributed by atoms with Gasteiger partial charge in [0.05, 0.1) is 18.8 Å². The molecule has 1 aromatic heterocycles. The third-order valence-corrected chi connectivity index (χ3v) is 4.16. The van der Waals surface area contributed by atoms with Crippen molar-refractivity contribution in [3.63, 3.8) is 0 Å². The van der Waals surface area contributed by atoms with Gasteiger partial charge in [0, 0.05) is 11.4 Å². The first-order valence-electron chi connectivity index (χ1n) is 7.18. The molecule has 0 spiro atoms. The fourth-order valence-corrected chi connectivity index (χ4v) is 2.74. The number of aliphatic imine (C=N–C) groups is 1. The first-order valence-corrected chi connectivity index (χ1v) is 7.99. The predicted octanol–water partition coefficient (Wildman–Crippen LogP) is 3.02. The summed E-state index contributed by atoms with van der Waals surface area (Å²) in [4.78, 5) is 10.4. The van der Waals surface area contributed by atoms with Gasteiger partial charge in [-0.25, -0.2) is 9.98 Å². The van der Waals surface area contributed by atoms with Crippen LogP contribution in [0.15, 0.2) is 35.3 Å². The Morgan fingerprint density at radius 3 is 2.57 bits per heavy atom. The maximum atomic E-state index is 4.60. The smallest absolute Gasteiger partial charge is 0.191 e. The number of hydrogen-bond acceptors (Lipinski definition) is 3. The quantitative estimate of drug-likeness (QED) is 0.659. The van der Waals surface area contributed by atoms with Gasteiger partial charge < -0.3 is 10.6 Å². The number of nitrogens with one attached hydrogen (secondary N) is 2. The van der Waals surface area contributed by atoms with Crippen molar-refractivity contribution in [2.75, 3.05) is 6.54 Å². The molecule has 0 aliphatic rings. The molecule has 5 heteroatoms. The van der Waals surface area contributed by atoms with E-state index < -0.39 is 0 Å². The van der Waals surface area contributed by atoms with Gasteiger partial charge in [-0.05, 0) is 26.3 Å². The topological polar surface area (TPSA) is 49.3 Å². The molecule has 2 aromatic rings. The van der Waals surface area contributed by atoms with Crippen LogP contribution in [0.5, 0.6) is 0 Å². The second-order valence-electron chi connectivity index (χ2n) is 4.78. The van der Waals surface area contributed by atoms with Gasteiger partial charge in [0.25, 0.3) is 0 Å². The summed E-state index contributed by atoms with van der Waals surface area (Å²) < 4.78 is 0. The van der Waals surface area contributed by atoms with Crippen LogP contribution in [0.1, 0.15) is 28.1 Å². The van der Waals surface area contributed by atoms with Crippen molar-refractivity contribution in [2.45, 2.75) is 33.9 Å². The van der Waals surface area contributed by atoms with Crippen LogP contribution < -0.4 is 10.6 Å². The largest absolute Gasteiger partial charge is 0.357 e. The van der Waals surface area contributed by atoms with E-state index in [1.54, 1.807) is 11.3 Å². The highest BCUT2D eigenvalue weighted by Crippen LogP contribution is 2.15. The van der Waals surface area contributed by atoms with Gasteiger partial charge in [-0.1, -0.05) is 30.3 Å². The van der Waals surface area contributed by atoms with E-state index in [2.05, 4.69) is 46.6 Å². The first kappa shape index (κ1) is 15.5. The van der Waals surface area contributed by atoms with Gasteiger partial charge >= 0.3 is 0 Å². The molecule has 1 aromatic carbocycles. The highest BCUT2D eigenvalue weighted by Gasteiger charge is 2.04. The van der Waals surface area contributed by atoms with Gasteiger partial charge in [-0.2, -0.15) is 0 Å². The molecule has 0 radical (unpaired) electrons. The fourth-order valence-electron chi connectivity index (χ4n) is 1.87. The van der Waals surface area contributed by atoms with Crippen molar-refractivity contribution in [2.24, 2.45) is 4.99 Å². The summed E-state index contributed by atoms with van der Waals surface area (Å²) in [6.45, 7) is 8.44. The lowest BCUT2D eigenvalue weighted by atomic mass is 10.2. The van der Waals surface area contributed by atoms with Crippen molar-refractivity contribution in [3.05, 3.63) is 51.5 Å². The zero-order valence-electron chi connectivity index (χ0n) is 12.8. The molecule has 1 heterocycles. The second kappa shape index (κ2) is 7.78. The molecule has 21 heavy (non-hydrogen) atoms. The minimum absolute atomic E-state index is 0.673. The monoisotopic (exact) mass is 302 g/mol. The summed E-state index contributed by atoms with van der Waals surface area (Å²) in [7, 11) is 0. The Balaban J connectivity index is 1.95. The molecule has 0 unspecified atom stereocenters. The minimum Gasteiger partial charge on any atom is -0.357 e. The molecule has 0 saturated heterocycles. The van der Waals surface area contributed by atoms with Gasteiger partial charge in [0.15, 0.2) is 5.96 Å². The van der Waals surface area contributed by atoms with Crippen LogP contribution >= 0.6 is 11.3 Å². The lowest BCUT2D eigenvalue weighted by Gasteiger charge is -2.10. The van der Waals surface area contributed by atoms with E-state index in [9.17, 15) is 0 Å². The fraction of sp³-hybridized carbons (Fsp3) is 0.375. The standard InChI is InChI=1S/C16H22N4S/c1-4-17-16(18-10-14-8-6-5-7-9-14)19-11-15-20-12(2)13(3)21-15/h5-9H,4,10-11H2,1-3H3,(H2,17,18,19). The van der Waals surface area contributed by atoms with Gasteiger partial charge in [-0.3, -0.25) is 0 Å². The number of guanidine groups is 1. The van der Waals surface area contributed by atoms with E-state index in [-0.39, 0.29) is 0 Å². The molecule has 4 nitrogen and oxygen atoms in total. The highest BCUT2D eigenvalue weighted by molar-refractivity contribution is 7.11. The Labute approximate surface area is 130 Å². The van der Waals surface area contributed by atoms with Gasteiger partial charge in [0.1, 0.15) is 5.01 Å². The number of nitrogens with zero attached hydrogens (tertiary/aromatic N) is 2. The zero-order valence-corrected chi connectivity index (χ0v) is 13.6. The predicted molar refractivity (Wildman–Crippen MR) is 89.7 cm³/mol. The third-order valence-electron chi connectivity index (χ3n) is 3.09. The minimum atomic E-state index is 0.673. The van der Waals surface area contributed by atoms with Crippen LogP contribution in [0.3, 0.4) is 0 Å². The lowest BCUT2D eigenvalue weighted by molar-refractivity contribution is 0.809. The molecule has 0 bridgehead atoms. The number of aromatic nitrogens is 1. The van der Waals surface area contributed by atoms with Crippen molar-refractivity contribution >= 4 is 17.3 Å². The zero-order chi connectivity index (χ0) is 15.1. The molecule has 0 aliphatic carbocycles. The number of hydrogen-bond donors (Lipinski definition) is 2.